The van der Waals surface area contributed by atoms with E-state index in [0.29, 0.717) is 6.04 Å². The van der Waals surface area contributed by atoms with Gasteiger partial charge in [-0.3, -0.25) is 0 Å². The van der Waals surface area contributed by atoms with Gasteiger partial charge in [-0.1, -0.05) is 50.8 Å². The summed E-state index contributed by atoms with van der Waals surface area (Å²) in [6.07, 6.45) is 8.10. The molecule has 0 aliphatic carbocycles. The minimum atomic E-state index is 0.296. The predicted octanol–water partition coefficient (Wildman–Crippen LogP) is 3.50. The number of aromatic nitrogens is 3. The minimum absolute atomic E-state index is 0.296. The molecule has 0 aliphatic heterocycles. The molecule has 0 amide bonds. The van der Waals surface area contributed by atoms with Gasteiger partial charge in [0.2, 0.25) is 0 Å². The van der Waals surface area contributed by atoms with Gasteiger partial charge in [-0.05, 0) is 25.6 Å². The fourth-order valence-corrected chi connectivity index (χ4v) is 2.34. The molecule has 1 aromatic heterocycles. The van der Waals surface area contributed by atoms with Gasteiger partial charge in [-0.15, -0.1) is 0 Å². The highest BCUT2D eigenvalue weighted by Crippen LogP contribution is 2.18. The van der Waals surface area contributed by atoms with E-state index in [1.807, 2.05) is 43.6 Å². The van der Waals surface area contributed by atoms with Gasteiger partial charge in [0.25, 0.3) is 0 Å². The van der Waals surface area contributed by atoms with E-state index in [9.17, 15) is 0 Å². The molecule has 0 bridgehead atoms. The molecule has 0 fully saturated rings. The first-order valence-corrected chi connectivity index (χ1v) is 7.50. The summed E-state index contributed by atoms with van der Waals surface area (Å²) in [5.74, 6) is 0. The van der Waals surface area contributed by atoms with Crippen LogP contribution in [0.3, 0.4) is 0 Å². The molecule has 0 saturated heterocycles. The summed E-state index contributed by atoms with van der Waals surface area (Å²) in [4.78, 5) is 1.70. The Kier molecular flexibility index (Phi) is 5.74. The lowest BCUT2D eigenvalue weighted by Crippen LogP contribution is -2.17. The van der Waals surface area contributed by atoms with E-state index < -0.39 is 0 Å². The van der Waals surface area contributed by atoms with Crippen LogP contribution in [0.25, 0.3) is 5.69 Å². The van der Waals surface area contributed by atoms with Crippen molar-refractivity contribution in [3.63, 3.8) is 0 Å². The molecule has 1 unspecified atom stereocenters. The quantitative estimate of drug-likeness (QED) is 0.748. The first kappa shape index (κ1) is 14.7. The summed E-state index contributed by atoms with van der Waals surface area (Å²) in [5.41, 5.74) is 2.02. The van der Waals surface area contributed by atoms with E-state index in [2.05, 4.69) is 22.4 Å². The molecule has 4 nitrogen and oxygen atoms in total. The molecule has 2 aromatic rings. The van der Waals surface area contributed by atoms with Crippen LogP contribution in [0.2, 0.25) is 0 Å². The van der Waals surface area contributed by atoms with Crippen molar-refractivity contribution in [2.24, 2.45) is 0 Å². The number of nitrogens with one attached hydrogen (secondary N) is 1. The van der Waals surface area contributed by atoms with Crippen LogP contribution in [0.5, 0.6) is 0 Å². The lowest BCUT2D eigenvalue weighted by Gasteiger charge is -2.12. The number of unbranched alkanes of at least 4 members (excludes halogenated alkanes) is 3. The van der Waals surface area contributed by atoms with Crippen molar-refractivity contribution < 1.29 is 0 Å². The van der Waals surface area contributed by atoms with Crippen LogP contribution in [0, 0.1) is 0 Å². The highest BCUT2D eigenvalue weighted by Gasteiger charge is 2.13. The zero-order chi connectivity index (χ0) is 14.2. The van der Waals surface area contributed by atoms with Gasteiger partial charge in [-0.25, -0.2) is 0 Å². The van der Waals surface area contributed by atoms with Crippen LogP contribution in [-0.2, 0) is 0 Å². The fourth-order valence-electron chi connectivity index (χ4n) is 2.34. The van der Waals surface area contributed by atoms with E-state index >= 15 is 0 Å². The molecule has 1 N–H and O–H groups in total. The lowest BCUT2D eigenvalue weighted by atomic mass is 10.1. The Morgan fingerprint density at radius 1 is 1.15 bits per heavy atom. The zero-order valence-corrected chi connectivity index (χ0v) is 12.4. The molecule has 0 saturated carbocycles. The van der Waals surface area contributed by atoms with Gasteiger partial charge >= 0.3 is 0 Å². The third-order valence-corrected chi connectivity index (χ3v) is 3.55. The minimum Gasteiger partial charge on any atom is -0.312 e. The first-order chi connectivity index (χ1) is 9.85. The second kappa shape index (κ2) is 7.80. The van der Waals surface area contributed by atoms with Crippen LogP contribution >= 0.6 is 0 Å². The van der Waals surface area contributed by atoms with E-state index in [1.165, 1.54) is 25.7 Å². The number of hydrogen-bond acceptors (Lipinski definition) is 3. The van der Waals surface area contributed by atoms with Gasteiger partial charge in [0.05, 0.1) is 17.9 Å². The smallest absolute Gasteiger partial charge is 0.100 e. The molecule has 0 radical (unpaired) electrons. The molecule has 0 spiro atoms. The first-order valence-electron chi connectivity index (χ1n) is 7.50. The van der Waals surface area contributed by atoms with Crippen LogP contribution in [0.15, 0.2) is 36.5 Å². The molecule has 1 aromatic carbocycles. The normalized spacial score (nSPS) is 12.5. The molecule has 1 atom stereocenters. The second-order valence-corrected chi connectivity index (χ2v) is 5.09. The molecular formula is C16H24N4. The average molecular weight is 272 g/mol. The van der Waals surface area contributed by atoms with E-state index in [4.69, 9.17) is 0 Å². The summed E-state index contributed by atoms with van der Waals surface area (Å²) < 4.78 is 0. The Hall–Kier alpha value is -1.68. The maximum Gasteiger partial charge on any atom is 0.100 e. The SMILES string of the molecule is CCCCCCC(NC)c1cnn(-c2ccccc2)n1. The van der Waals surface area contributed by atoms with E-state index in [0.717, 1.165) is 17.8 Å². The van der Waals surface area contributed by atoms with Crippen molar-refractivity contribution in [1.82, 2.24) is 20.3 Å². The third kappa shape index (κ3) is 3.90. The van der Waals surface area contributed by atoms with Crippen molar-refractivity contribution >= 4 is 0 Å². The second-order valence-electron chi connectivity index (χ2n) is 5.09. The monoisotopic (exact) mass is 272 g/mol. The van der Waals surface area contributed by atoms with Crippen molar-refractivity contribution in [2.45, 2.75) is 45.1 Å². The molecule has 1 heterocycles. The van der Waals surface area contributed by atoms with Gasteiger partial charge in [-0.2, -0.15) is 15.0 Å². The third-order valence-electron chi connectivity index (χ3n) is 3.55. The van der Waals surface area contributed by atoms with Crippen molar-refractivity contribution in [2.75, 3.05) is 7.05 Å². The molecule has 108 valence electrons. The summed E-state index contributed by atoms with van der Waals surface area (Å²) in [6.45, 7) is 2.24. The van der Waals surface area contributed by atoms with Gasteiger partial charge in [0, 0.05) is 0 Å². The molecule has 0 aliphatic rings. The van der Waals surface area contributed by atoms with E-state index in [1.54, 1.807) is 4.80 Å². The summed E-state index contributed by atoms with van der Waals surface area (Å²) >= 11 is 0. The van der Waals surface area contributed by atoms with Crippen molar-refractivity contribution in [3.8, 4) is 5.69 Å². The Morgan fingerprint density at radius 2 is 1.95 bits per heavy atom. The Balaban J connectivity index is 1.99. The van der Waals surface area contributed by atoms with Crippen molar-refractivity contribution in [3.05, 3.63) is 42.2 Å². The van der Waals surface area contributed by atoms with Crippen LogP contribution in [0.1, 0.15) is 50.8 Å². The lowest BCUT2D eigenvalue weighted by molar-refractivity contribution is 0.492. The number of nitrogens with zero attached hydrogens (tertiary/aromatic N) is 3. The molecule has 4 heteroatoms. The summed E-state index contributed by atoms with van der Waals surface area (Å²) in [6, 6.07) is 10.3. The summed E-state index contributed by atoms with van der Waals surface area (Å²) in [5, 5.41) is 12.3. The average Bonchev–Trinajstić information content (AvgIpc) is 2.98. The zero-order valence-electron chi connectivity index (χ0n) is 12.4. The maximum atomic E-state index is 4.59. The van der Waals surface area contributed by atoms with Gasteiger partial charge in [0.1, 0.15) is 5.69 Å². The number of rotatable bonds is 8. The van der Waals surface area contributed by atoms with Gasteiger partial charge in [0.15, 0.2) is 0 Å². The number of hydrogen-bond donors (Lipinski definition) is 1. The highest BCUT2D eigenvalue weighted by atomic mass is 15.5. The van der Waals surface area contributed by atoms with Gasteiger partial charge < -0.3 is 5.32 Å². The highest BCUT2D eigenvalue weighted by molar-refractivity contribution is 5.28. The van der Waals surface area contributed by atoms with Crippen LogP contribution in [0.4, 0.5) is 0 Å². The maximum absolute atomic E-state index is 4.59. The topological polar surface area (TPSA) is 42.7 Å². The van der Waals surface area contributed by atoms with Crippen LogP contribution in [-0.4, -0.2) is 22.0 Å². The van der Waals surface area contributed by atoms with E-state index in [-0.39, 0.29) is 0 Å². The predicted molar refractivity (Wildman–Crippen MR) is 81.9 cm³/mol. The molecule has 20 heavy (non-hydrogen) atoms. The van der Waals surface area contributed by atoms with Crippen LogP contribution < -0.4 is 5.32 Å². The summed E-state index contributed by atoms with van der Waals surface area (Å²) in [7, 11) is 1.99. The Bertz CT molecular complexity index is 492. The Labute approximate surface area is 121 Å². The molecule has 2 rings (SSSR count). The standard InChI is InChI=1S/C16H24N4/c1-3-4-5-9-12-15(17-2)16-13-18-20(19-16)14-10-7-6-8-11-14/h6-8,10-11,13,15,17H,3-5,9,12H2,1-2H3. The number of para-hydroxylation sites is 1. The Morgan fingerprint density at radius 3 is 2.65 bits per heavy atom. The number of benzene rings is 1. The largest absolute Gasteiger partial charge is 0.312 e. The van der Waals surface area contributed by atoms with Crippen molar-refractivity contribution in [1.29, 1.82) is 0 Å². The molecular weight excluding hydrogens is 248 g/mol. The fraction of sp³-hybridized carbons (Fsp3) is 0.500.